The van der Waals surface area contributed by atoms with Crippen molar-refractivity contribution < 1.29 is 14.0 Å². The number of nitrogens with one attached hydrogen (secondary N) is 1. The van der Waals surface area contributed by atoms with Gasteiger partial charge in [0.1, 0.15) is 0 Å². The molecule has 1 aromatic heterocycles. The number of nitrogens with zero attached hydrogens (tertiary/aromatic N) is 3. The van der Waals surface area contributed by atoms with Gasteiger partial charge in [0.05, 0.1) is 12.3 Å². The smallest absolute Gasteiger partial charge is 0.277 e. The molecule has 2 heterocycles. The van der Waals surface area contributed by atoms with E-state index < -0.39 is 0 Å². The van der Waals surface area contributed by atoms with Gasteiger partial charge in [0.25, 0.3) is 5.22 Å². The van der Waals surface area contributed by atoms with Crippen LogP contribution in [-0.2, 0) is 22.6 Å². The second-order valence-electron chi connectivity index (χ2n) is 5.77. The van der Waals surface area contributed by atoms with Crippen LogP contribution in [0.4, 0.5) is 5.69 Å². The fraction of sp³-hybridized carbons (Fsp3) is 0.412. The van der Waals surface area contributed by atoms with Crippen molar-refractivity contribution in [2.45, 2.75) is 38.0 Å². The van der Waals surface area contributed by atoms with Crippen LogP contribution in [0.1, 0.15) is 31.2 Å². The Kier molecular flexibility index (Phi) is 5.70. The van der Waals surface area contributed by atoms with Gasteiger partial charge in [-0.15, -0.1) is 10.2 Å². The predicted molar refractivity (Wildman–Crippen MR) is 94.1 cm³/mol. The van der Waals surface area contributed by atoms with Crippen LogP contribution in [0.15, 0.2) is 33.9 Å². The molecule has 2 amide bonds. The third kappa shape index (κ3) is 4.82. The summed E-state index contributed by atoms with van der Waals surface area (Å²) in [5.41, 5.74) is 1.99. The fourth-order valence-corrected chi connectivity index (χ4v) is 3.12. The molecule has 1 aliphatic heterocycles. The quantitative estimate of drug-likeness (QED) is 0.763. The summed E-state index contributed by atoms with van der Waals surface area (Å²) in [4.78, 5) is 25.3. The average molecular weight is 360 g/mol. The molecule has 1 aliphatic rings. The lowest BCUT2D eigenvalue weighted by molar-refractivity contribution is -0.128. The van der Waals surface area contributed by atoms with Gasteiger partial charge in [-0.25, -0.2) is 0 Å². The molecule has 0 atom stereocenters. The highest BCUT2D eigenvalue weighted by atomic mass is 32.2. The van der Waals surface area contributed by atoms with Gasteiger partial charge >= 0.3 is 0 Å². The number of benzene rings is 1. The van der Waals surface area contributed by atoms with Crippen molar-refractivity contribution in [2.75, 3.05) is 17.6 Å². The number of carbonyl (C=O) groups is 2. The van der Waals surface area contributed by atoms with Crippen molar-refractivity contribution >= 4 is 29.3 Å². The molecular weight excluding hydrogens is 340 g/mol. The van der Waals surface area contributed by atoms with E-state index in [4.69, 9.17) is 4.42 Å². The minimum Gasteiger partial charge on any atom is -0.414 e. The predicted octanol–water partition coefficient (Wildman–Crippen LogP) is 2.49. The summed E-state index contributed by atoms with van der Waals surface area (Å²) >= 11 is 1.18. The maximum Gasteiger partial charge on any atom is 0.277 e. The van der Waals surface area contributed by atoms with E-state index in [0.717, 1.165) is 25.1 Å². The van der Waals surface area contributed by atoms with Crippen LogP contribution >= 0.6 is 11.8 Å². The molecule has 7 nitrogen and oxygen atoms in total. The molecule has 1 aromatic carbocycles. The summed E-state index contributed by atoms with van der Waals surface area (Å²) in [5, 5.41) is 11.0. The molecule has 8 heteroatoms. The highest BCUT2D eigenvalue weighted by molar-refractivity contribution is 7.99. The van der Waals surface area contributed by atoms with Crippen LogP contribution in [0.25, 0.3) is 0 Å². The summed E-state index contributed by atoms with van der Waals surface area (Å²) < 4.78 is 5.49. The Morgan fingerprint density at radius 3 is 2.80 bits per heavy atom. The number of likely N-dealkylation sites (tertiary alicyclic amines) is 1. The first-order chi connectivity index (χ1) is 12.1. The summed E-state index contributed by atoms with van der Waals surface area (Å²) in [6.45, 7) is 3.15. The third-order valence-electron chi connectivity index (χ3n) is 3.92. The first-order valence-electron chi connectivity index (χ1n) is 8.26. The molecule has 25 heavy (non-hydrogen) atoms. The van der Waals surface area contributed by atoms with Gasteiger partial charge in [0.15, 0.2) is 0 Å². The molecule has 0 aliphatic carbocycles. The monoisotopic (exact) mass is 360 g/mol. The van der Waals surface area contributed by atoms with E-state index in [1.165, 1.54) is 17.3 Å². The van der Waals surface area contributed by atoms with Crippen molar-refractivity contribution in [3.05, 3.63) is 35.7 Å². The number of rotatable bonds is 7. The molecule has 1 saturated heterocycles. The maximum atomic E-state index is 12.0. The van der Waals surface area contributed by atoms with Crippen molar-refractivity contribution in [1.29, 1.82) is 0 Å². The van der Waals surface area contributed by atoms with E-state index in [2.05, 4.69) is 22.4 Å². The molecule has 0 bridgehead atoms. The van der Waals surface area contributed by atoms with E-state index >= 15 is 0 Å². The molecule has 0 saturated carbocycles. The van der Waals surface area contributed by atoms with E-state index in [-0.39, 0.29) is 17.6 Å². The number of aryl methyl sites for hydroxylation is 1. The molecule has 2 aromatic rings. The SMILES string of the molecule is CCc1ccc(NC(=O)CSc2nnc(CN3CCCC3=O)o2)cc1. The molecule has 132 valence electrons. The van der Waals surface area contributed by atoms with Crippen LogP contribution in [0, 0.1) is 0 Å². The number of carbonyl (C=O) groups excluding carboxylic acids is 2. The first kappa shape index (κ1) is 17.5. The second kappa shape index (κ2) is 8.15. The normalized spacial score (nSPS) is 14.1. The van der Waals surface area contributed by atoms with Gasteiger partial charge in [0, 0.05) is 18.7 Å². The van der Waals surface area contributed by atoms with Crippen molar-refractivity contribution in [3.8, 4) is 0 Å². The van der Waals surface area contributed by atoms with Gasteiger partial charge in [-0.1, -0.05) is 30.8 Å². The highest BCUT2D eigenvalue weighted by Crippen LogP contribution is 2.19. The molecule has 0 spiro atoms. The zero-order chi connectivity index (χ0) is 17.6. The topological polar surface area (TPSA) is 88.3 Å². The maximum absolute atomic E-state index is 12.0. The standard InChI is InChI=1S/C17H20N4O3S/c1-2-12-5-7-13(8-6-12)18-14(22)11-25-17-20-19-15(24-17)10-21-9-3-4-16(21)23/h5-8H,2-4,9-11H2,1H3,(H,18,22). The van der Waals surface area contributed by atoms with Gasteiger partial charge in [-0.3, -0.25) is 9.59 Å². The van der Waals surface area contributed by atoms with Crippen LogP contribution < -0.4 is 5.32 Å². The molecule has 1 fully saturated rings. The fourth-order valence-electron chi connectivity index (χ4n) is 2.54. The van der Waals surface area contributed by atoms with Crippen LogP contribution in [-0.4, -0.2) is 39.2 Å². The Morgan fingerprint density at radius 1 is 1.32 bits per heavy atom. The minimum atomic E-state index is -0.135. The lowest BCUT2D eigenvalue weighted by Gasteiger charge is -2.11. The van der Waals surface area contributed by atoms with Crippen molar-refractivity contribution in [3.63, 3.8) is 0 Å². The zero-order valence-corrected chi connectivity index (χ0v) is 14.8. The van der Waals surface area contributed by atoms with E-state index in [1.807, 2.05) is 24.3 Å². The van der Waals surface area contributed by atoms with Gasteiger partial charge in [-0.2, -0.15) is 0 Å². The van der Waals surface area contributed by atoms with Crippen molar-refractivity contribution in [1.82, 2.24) is 15.1 Å². The molecule has 0 radical (unpaired) electrons. The Hall–Kier alpha value is -2.35. The molecular formula is C17H20N4O3S. The highest BCUT2D eigenvalue weighted by Gasteiger charge is 2.22. The summed E-state index contributed by atoms with van der Waals surface area (Å²) in [6, 6.07) is 7.76. The van der Waals surface area contributed by atoms with Gasteiger partial charge < -0.3 is 14.6 Å². The third-order valence-corrected chi connectivity index (χ3v) is 4.74. The molecule has 3 rings (SSSR count). The van der Waals surface area contributed by atoms with E-state index in [9.17, 15) is 9.59 Å². The van der Waals surface area contributed by atoms with E-state index in [0.29, 0.717) is 24.1 Å². The first-order valence-corrected chi connectivity index (χ1v) is 9.24. The number of amides is 2. The number of aromatic nitrogens is 2. The number of thioether (sulfide) groups is 1. The van der Waals surface area contributed by atoms with Crippen LogP contribution in [0.5, 0.6) is 0 Å². The van der Waals surface area contributed by atoms with Crippen molar-refractivity contribution in [2.24, 2.45) is 0 Å². The summed E-state index contributed by atoms with van der Waals surface area (Å²) in [5.74, 6) is 0.553. The van der Waals surface area contributed by atoms with Crippen LogP contribution in [0.3, 0.4) is 0 Å². The number of hydrogen-bond donors (Lipinski definition) is 1. The Morgan fingerprint density at radius 2 is 2.12 bits per heavy atom. The summed E-state index contributed by atoms with van der Waals surface area (Å²) in [6.07, 6.45) is 2.41. The molecule has 0 unspecified atom stereocenters. The lowest BCUT2D eigenvalue weighted by Crippen LogP contribution is -2.23. The van der Waals surface area contributed by atoms with E-state index in [1.54, 1.807) is 4.90 Å². The zero-order valence-electron chi connectivity index (χ0n) is 14.0. The average Bonchev–Trinajstić information content (AvgIpc) is 3.23. The Labute approximate surface area is 150 Å². The number of anilines is 1. The minimum absolute atomic E-state index is 0.112. The largest absolute Gasteiger partial charge is 0.414 e. The van der Waals surface area contributed by atoms with Gasteiger partial charge in [-0.05, 0) is 30.5 Å². The summed E-state index contributed by atoms with van der Waals surface area (Å²) in [7, 11) is 0. The molecule has 1 N–H and O–H groups in total. The van der Waals surface area contributed by atoms with Gasteiger partial charge in [0.2, 0.25) is 17.7 Å². The number of hydrogen-bond acceptors (Lipinski definition) is 6. The van der Waals surface area contributed by atoms with Crippen LogP contribution in [0.2, 0.25) is 0 Å². The lowest BCUT2D eigenvalue weighted by atomic mass is 10.1. The second-order valence-corrected chi connectivity index (χ2v) is 6.69. The Balaban J connectivity index is 1.46. The Bertz CT molecular complexity index is 745.